The smallest absolute Gasteiger partial charge is 0.166 e. The van der Waals surface area contributed by atoms with Crippen molar-refractivity contribution in [1.29, 1.82) is 0 Å². The first-order valence-corrected chi connectivity index (χ1v) is 6.94. The Balaban J connectivity index is 1.97. The Morgan fingerprint density at radius 3 is 2.58 bits per heavy atom. The number of benzene rings is 2. The molecule has 3 nitrogen and oxygen atoms in total. The summed E-state index contributed by atoms with van der Waals surface area (Å²) in [4.78, 5) is 1.26. The van der Waals surface area contributed by atoms with Gasteiger partial charge in [-0.3, -0.25) is 0 Å². The van der Waals surface area contributed by atoms with Gasteiger partial charge in [0.25, 0.3) is 0 Å². The van der Waals surface area contributed by atoms with Gasteiger partial charge in [-0.2, -0.15) is 0 Å². The predicted molar refractivity (Wildman–Crippen MR) is 78.2 cm³/mol. The monoisotopic (exact) mass is 273 g/mol. The third kappa shape index (κ3) is 2.12. The van der Waals surface area contributed by atoms with E-state index in [2.05, 4.69) is 29.6 Å². The highest BCUT2D eigenvalue weighted by molar-refractivity contribution is 8.00. The minimum atomic E-state index is 0.155. The molecule has 0 aliphatic carbocycles. The molecule has 0 radical (unpaired) electrons. The van der Waals surface area contributed by atoms with E-state index in [1.807, 2.05) is 18.2 Å². The SMILES string of the molecule is COc1cccc(C2Nc3ccccc3S2)c1OC. The maximum Gasteiger partial charge on any atom is 0.166 e. The molecule has 1 unspecified atom stereocenters. The average Bonchev–Trinajstić information content (AvgIpc) is 2.89. The van der Waals surface area contributed by atoms with Gasteiger partial charge in [-0.1, -0.05) is 36.0 Å². The van der Waals surface area contributed by atoms with Crippen molar-refractivity contribution in [3.63, 3.8) is 0 Å². The van der Waals surface area contributed by atoms with E-state index in [1.54, 1.807) is 26.0 Å². The lowest BCUT2D eigenvalue weighted by molar-refractivity contribution is 0.352. The van der Waals surface area contributed by atoms with E-state index in [1.165, 1.54) is 10.6 Å². The van der Waals surface area contributed by atoms with Crippen molar-refractivity contribution in [3.05, 3.63) is 48.0 Å². The molecule has 1 atom stereocenters. The van der Waals surface area contributed by atoms with E-state index in [-0.39, 0.29) is 5.37 Å². The molecule has 0 saturated carbocycles. The van der Waals surface area contributed by atoms with Crippen LogP contribution in [0.2, 0.25) is 0 Å². The number of ether oxygens (including phenoxy) is 2. The highest BCUT2D eigenvalue weighted by Gasteiger charge is 2.26. The second-order valence-corrected chi connectivity index (χ2v) is 5.37. The van der Waals surface area contributed by atoms with Crippen LogP contribution in [-0.4, -0.2) is 14.2 Å². The zero-order chi connectivity index (χ0) is 13.2. The first kappa shape index (κ1) is 12.2. The topological polar surface area (TPSA) is 30.5 Å². The van der Waals surface area contributed by atoms with E-state index >= 15 is 0 Å². The minimum absolute atomic E-state index is 0.155. The molecule has 1 heterocycles. The largest absolute Gasteiger partial charge is 0.493 e. The van der Waals surface area contributed by atoms with Crippen LogP contribution in [0.25, 0.3) is 0 Å². The molecular weight excluding hydrogens is 258 g/mol. The van der Waals surface area contributed by atoms with Gasteiger partial charge in [-0.05, 0) is 18.2 Å². The summed E-state index contributed by atoms with van der Waals surface area (Å²) < 4.78 is 10.9. The lowest BCUT2D eigenvalue weighted by Gasteiger charge is -2.17. The van der Waals surface area contributed by atoms with Crippen LogP contribution in [-0.2, 0) is 0 Å². The van der Waals surface area contributed by atoms with E-state index in [4.69, 9.17) is 9.47 Å². The molecule has 4 heteroatoms. The van der Waals surface area contributed by atoms with Crippen molar-refractivity contribution in [1.82, 2.24) is 0 Å². The molecule has 0 bridgehead atoms. The summed E-state index contributed by atoms with van der Waals surface area (Å²) in [6.07, 6.45) is 0. The lowest BCUT2D eigenvalue weighted by atomic mass is 10.1. The van der Waals surface area contributed by atoms with Gasteiger partial charge in [-0.25, -0.2) is 0 Å². The highest BCUT2D eigenvalue weighted by atomic mass is 32.2. The second-order valence-electron chi connectivity index (χ2n) is 4.22. The standard InChI is InChI=1S/C15H15NO2S/c1-17-12-8-5-6-10(14(12)18-2)15-16-11-7-3-4-9-13(11)19-15/h3-9,15-16H,1-2H3. The fourth-order valence-corrected chi connectivity index (χ4v) is 3.41. The van der Waals surface area contributed by atoms with Crippen molar-refractivity contribution >= 4 is 17.4 Å². The molecule has 0 aromatic heterocycles. The van der Waals surface area contributed by atoms with Gasteiger partial charge in [0.15, 0.2) is 11.5 Å². The third-order valence-electron chi connectivity index (χ3n) is 3.13. The van der Waals surface area contributed by atoms with Crippen LogP contribution in [0.15, 0.2) is 47.4 Å². The van der Waals surface area contributed by atoms with Crippen molar-refractivity contribution in [2.45, 2.75) is 10.3 Å². The molecule has 1 aliphatic rings. The number of fused-ring (bicyclic) bond motifs is 1. The molecule has 3 rings (SSSR count). The minimum Gasteiger partial charge on any atom is -0.493 e. The summed E-state index contributed by atoms with van der Waals surface area (Å²) in [7, 11) is 3.33. The summed E-state index contributed by atoms with van der Waals surface area (Å²) in [6, 6.07) is 14.3. The number of hydrogen-bond donors (Lipinski definition) is 1. The number of hydrogen-bond acceptors (Lipinski definition) is 4. The Bertz CT molecular complexity index is 575. The van der Waals surface area contributed by atoms with E-state index < -0.39 is 0 Å². The van der Waals surface area contributed by atoms with Gasteiger partial charge in [0, 0.05) is 16.1 Å². The first-order chi connectivity index (χ1) is 9.33. The Kier molecular flexibility index (Phi) is 3.25. The normalized spacial score (nSPS) is 16.6. The first-order valence-electron chi connectivity index (χ1n) is 6.06. The molecule has 98 valence electrons. The van der Waals surface area contributed by atoms with Crippen LogP contribution in [0.3, 0.4) is 0 Å². The number of para-hydroxylation sites is 2. The summed E-state index contributed by atoms with van der Waals surface area (Å²) in [5.41, 5.74) is 2.27. The van der Waals surface area contributed by atoms with Crippen molar-refractivity contribution in [2.75, 3.05) is 19.5 Å². The molecule has 2 aromatic carbocycles. The molecule has 1 N–H and O–H groups in total. The van der Waals surface area contributed by atoms with Gasteiger partial charge in [0.05, 0.1) is 14.2 Å². The number of methoxy groups -OCH3 is 2. The van der Waals surface area contributed by atoms with Gasteiger partial charge in [0.2, 0.25) is 0 Å². The number of rotatable bonds is 3. The molecule has 0 amide bonds. The van der Waals surface area contributed by atoms with Crippen LogP contribution in [0.4, 0.5) is 5.69 Å². The Labute approximate surface area is 116 Å². The average molecular weight is 273 g/mol. The Morgan fingerprint density at radius 1 is 1.00 bits per heavy atom. The fraction of sp³-hybridized carbons (Fsp3) is 0.200. The molecule has 19 heavy (non-hydrogen) atoms. The number of thioether (sulfide) groups is 1. The van der Waals surface area contributed by atoms with E-state index in [0.29, 0.717) is 0 Å². The lowest BCUT2D eigenvalue weighted by Crippen LogP contribution is -2.04. The van der Waals surface area contributed by atoms with Crippen LogP contribution >= 0.6 is 11.8 Å². The molecule has 2 aromatic rings. The maximum absolute atomic E-state index is 5.50. The van der Waals surface area contributed by atoms with Crippen LogP contribution in [0, 0.1) is 0 Å². The van der Waals surface area contributed by atoms with Crippen LogP contribution < -0.4 is 14.8 Å². The van der Waals surface area contributed by atoms with Crippen molar-refractivity contribution < 1.29 is 9.47 Å². The van der Waals surface area contributed by atoms with Crippen LogP contribution in [0.5, 0.6) is 11.5 Å². The zero-order valence-electron chi connectivity index (χ0n) is 10.8. The summed E-state index contributed by atoms with van der Waals surface area (Å²) in [5.74, 6) is 1.56. The predicted octanol–water partition coefficient (Wildman–Crippen LogP) is 3.92. The fourth-order valence-electron chi connectivity index (χ4n) is 2.25. The Morgan fingerprint density at radius 2 is 1.84 bits per heavy atom. The maximum atomic E-state index is 5.50. The zero-order valence-corrected chi connectivity index (χ0v) is 11.7. The second kappa shape index (κ2) is 5.05. The van der Waals surface area contributed by atoms with E-state index in [9.17, 15) is 0 Å². The summed E-state index contributed by atoms with van der Waals surface area (Å²) in [5, 5.41) is 3.66. The molecule has 0 fully saturated rings. The third-order valence-corrected chi connectivity index (χ3v) is 4.35. The van der Waals surface area contributed by atoms with Crippen molar-refractivity contribution in [3.8, 4) is 11.5 Å². The highest BCUT2D eigenvalue weighted by Crippen LogP contribution is 2.49. The van der Waals surface area contributed by atoms with Crippen molar-refractivity contribution in [2.24, 2.45) is 0 Å². The molecule has 1 aliphatic heterocycles. The van der Waals surface area contributed by atoms with Gasteiger partial charge in [-0.15, -0.1) is 0 Å². The van der Waals surface area contributed by atoms with Crippen LogP contribution in [0.1, 0.15) is 10.9 Å². The summed E-state index contributed by atoms with van der Waals surface area (Å²) >= 11 is 1.79. The number of anilines is 1. The van der Waals surface area contributed by atoms with E-state index in [0.717, 1.165) is 17.1 Å². The summed E-state index contributed by atoms with van der Waals surface area (Å²) in [6.45, 7) is 0. The molecular formula is C15H15NO2S. The quantitative estimate of drug-likeness (QED) is 0.918. The van der Waals surface area contributed by atoms with Gasteiger partial charge >= 0.3 is 0 Å². The Hall–Kier alpha value is -1.81. The van der Waals surface area contributed by atoms with Gasteiger partial charge < -0.3 is 14.8 Å². The molecule has 0 saturated heterocycles. The van der Waals surface area contributed by atoms with Gasteiger partial charge in [0.1, 0.15) is 5.37 Å². The number of nitrogens with one attached hydrogen (secondary N) is 1. The molecule has 0 spiro atoms.